The number of para-hydroxylation sites is 2. The molecule has 0 amide bonds. The average Bonchev–Trinajstić information content (AvgIpc) is 3.52. The number of hydrogen-bond donors (Lipinski definition) is 0. The van der Waals surface area contributed by atoms with Crippen molar-refractivity contribution in [3.63, 3.8) is 0 Å². The zero-order valence-electron chi connectivity index (χ0n) is 19.8. The Hall–Kier alpha value is -4.37. The van der Waals surface area contributed by atoms with Crippen LogP contribution in [0.4, 0.5) is 0 Å². The molecule has 8 nitrogen and oxygen atoms in total. The molecule has 178 valence electrons. The molecule has 0 aliphatic heterocycles. The number of aromatic nitrogens is 5. The highest BCUT2D eigenvalue weighted by atomic mass is 32.1. The van der Waals surface area contributed by atoms with Crippen LogP contribution in [0.1, 0.15) is 16.3 Å². The van der Waals surface area contributed by atoms with Crippen molar-refractivity contribution in [2.75, 3.05) is 7.11 Å². The molecular formula is C27H22N6O2S. The standard InChI is InChI=1S/C27H22N6O2S/c1-17-29-25-23(27(34)32(17)14-13-18-9-11-19(35-2)12-10-18)24-26(31-22-8-4-3-7-21(22)30-24)33(25)28-16-20-6-5-15-36-20/h3-12,15-16H,13-14H2,1-2H3/b28-16-. The van der Waals surface area contributed by atoms with Crippen molar-refractivity contribution in [2.45, 2.75) is 19.9 Å². The van der Waals surface area contributed by atoms with Gasteiger partial charge >= 0.3 is 0 Å². The minimum absolute atomic E-state index is 0.148. The Balaban J connectivity index is 1.53. The highest BCUT2D eigenvalue weighted by molar-refractivity contribution is 7.11. The van der Waals surface area contributed by atoms with Gasteiger partial charge in [-0.15, -0.1) is 11.3 Å². The van der Waals surface area contributed by atoms with Gasteiger partial charge in [0.15, 0.2) is 11.3 Å². The number of ether oxygens (including phenoxy) is 1. The SMILES string of the molecule is COc1ccc(CCn2c(C)nc3c(c2=O)c2nc4ccccc4nc2n3/N=C\c2cccs2)cc1. The third-order valence-corrected chi connectivity index (χ3v) is 6.96. The van der Waals surface area contributed by atoms with Crippen LogP contribution in [-0.4, -0.2) is 37.5 Å². The maximum atomic E-state index is 13.8. The number of rotatable bonds is 6. The molecule has 0 atom stereocenters. The number of methoxy groups -OCH3 is 1. The summed E-state index contributed by atoms with van der Waals surface area (Å²) in [6.45, 7) is 2.34. The fourth-order valence-electron chi connectivity index (χ4n) is 4.30. The Morgan fingerprint density at radius 1 is 0.972 bits per heavy atom. The molecule has 4 aromatic heterocycles. The van der Waals surface area contributed by atoms with Gasteiger partial charge in [-0.3, -0.25) is 9.36 Å². The molecule has 0 saturated heterocycles. The van der Waals surface area contributed by atoms with Crippen LogP contribution in [0.5, 0.6) is 5.75 Å². The molecule has 0 spiro atoms. The Kier molecular flexibility index (Phi) is 5.54. The van der Waals surface area contributed by atoms with E-state index >= 15 is 0 Å². The van der Waals surface area contributed by atoms with E-state index in [1.807, 2.05) is 73.0 Å². The number of fused-ring (bicyclic) bond motifs is 4. The highest BCUT2D eigenvalue weighted by Gasteiger charge is 2.21. The lowest BCUT2D eigenvalue weighted by Gasteiger charge is -2.10. The molecule has 0 N–H and O–H groups in total. The van der Waals surface area contributed by atoms with E-state index in [0.29, 0.717) is 41.0 Å². The Morgan fingerprint density at radius 2 is 1.75 bits per heavy atom. The van der Waals surface area contributed by atoms with Gasteiger partial charge in [-0.25, -0.2) is 15.0 Å². The van der Waals surface area contributed by atoms with Crippen molar-refractivity contribution in [2.24, 2.45) is 5.10 Å². The molecule has 6 rings (SSSR count). The summed E-state index contributed by atoms with van der Waals surface area (Å²) in [5.41, 5.74) is 3.88. The van der Waals surface area contributed by atoms with Crippen molar-refractivity contribution in [3.8, 4) is 5.75 Å². The Labute approximate surface area is 210 Å². The summed E-state index contributed by atoms with van der Waals surface area (Å²) in [7, 11) is 1.64. The lowest BCUT2D eigenvalue weighted by atomic mass is 10.1. The second kappa shape index (κ2) is 9.01. The van der Waals surface area contributed by atoms with Gasteiger partial charge in [0.25, 0.3) is 5.56 Å². The maximum absolute atomic E-state index is 13.8. The van der Waals surface area contributed by atoms with E-state index in [4.69, 9.17) is 19.7 Å². The second-order valence-electron chi connectivity index (χ2n) is 8.37. The molecule has 0 bridgehead atoms. The van der Waals surface area contributed by atoms with Gasteiger partial charge < -0.3 is 4.74 Å². The largest absolute Gasteiger partial charge is 0.497 e. The first-order valence-electron chi connectivity index (χ1n) is 11.5. The molecule has 0 radical (unpaired) electrons. The molecule has 0 saturated carbocycles. The van der Waals surface area contributed by atoms with E-state index in [1.165, 1.54) is 0 Å². The van der Waals surface area contributed by atoms with Crippen molar-refractivity contribution >= 4 is 50.8 Å². The monoisotopic (exact) mass is 494 g/mol. The van der Waals surface area contributed by atoms with Crippen molar-refractivity contribution < 1.29 is 4.74 Å². The Bertz CT molecular complexity index is 1800. The molecule has 9 heteroatoms. The summed E-state index contributed by atoms with van der Waals surface area (Å²) in [6, 6.07) is 19.4. The second-order valence-corrected chi connectivity index (χ2v) is 9.35. The normalized spacial score (nSPS) is 11.8. The number of aryl methyl sites for hydroxylation is 2. The summed E-state index contributed by atoms with van der Waals surface area (Å²) in [5.74, 6) is 1.41. The molecule has 36 heavy (non-hydrogen) atoms. The predicted molar refractivity (Wildman–Crippen MR) is 143 cm³/mol. The van der Waals surface area contributed by atoms with Crippen LogP contribution in [-0.2, 0) is 13.0 Å². The molecule has 0 aliphatic carbocycles. The van der Waals surface area contributed by atoms with E-state index in [-0.39, 0.29) is 5.56 Å². The molecular weight excluding hydrogens is 472 g/mol. The summed E-state index contributed by atoms with van der Waals surface area (Å²) in [5, 5.41) is 7.08. The minimum atomic E-state index is -0.148. The quantitative estimate of drug-likeness (QED) is 0.311. The predicted octanol–water partition coefficient (Wildman–Crippen LogP) is 4.80. The Morgan fingerprint density at radius 3 is 2.47 bits per heavy atom. The lowest BCUT2D eigenvalue weighted by Crippen LogP contribution is -2.25. The van der Waals surface area contributed by atoms with E-state index in [1.54, 1.807) is 33.9 Å². The van der Waals surface area contributed by atoms with Crippen LogP contribution in [0.3, 0.4) is 0 Å². The first-order chi connectivity index (χ1) is 17.6. The smallest absolute Gasteiger partial charge is 0.265 e. The van der Waals surface area contributed by atoms with Crippen LogP contribution >= 0.6 is 11.3 Å². The van der Waals surface area contributed by atoms with Crippen LogP contribution < -0.4 is 10.3 Å². The van der Waals surface area contributed by atoms with Gasteiger partial charge in [0.05, 0.1) is 24.4 Å². The summed E-state index contributed by atoms with van der Waals surface area (Å²) in [4.78, 5) is 29.3. The lowest BCUT2D eigenvalue weighted by molar-refractivity contribution is 0.414. The number of thiophene rings is 1. The first-order valence-corrected chi connectivity index (χ1v) is 12.4. The van der Waals surface area contributed by atoms with Gasteiger partial charge in [0.2, 0.25) is 0 Å². The molecule has 0 unspecified atom stereocenters. The average molecular weight is 495 g/mol. The van der Waals surface area contributed by atoms with Gasteiger partial charge in [0, 0.05) is 11.4 Å². The number of hydrogen-bond acceptors (Lipinski definition) is 7. The molecule has 0 aliphatic rings. The van der Waals surface area contributed by atoms with E-state index in [2.05, 4.69) is 5.10 Å². The topological polar surface area (TPSA) is 87.2 Å². The third-order valence-electron chi connectivity index (χ3n) is 6.16. The van der Waals surface area contributed by atoms with Crippen LogP contribution in [0, 0.1) is 6.92 Å². The summed E-state index contributed by atoms with van der Waals surface area (Å²) < 4.78 is 8.58. The zero-order valence-corrected chi connectivity index (χ0v) is 20.6. The van der Waals surface area contributed by atoms with E-state index in [0.717, 1.165) is 27.2 Å². The fraction of sp³-hybridized carbons (Fsp3) is 0.148. The van der Waals surface area contributed by atoms with Crippen LogP contribution in [0.2, 0.25) is 0 Å². The molecule has 0 fully saturated rings. The van der Waals surface area contributed by atoms with E-state index in [9.17, 15) is 4.79 Å². The fourth-order valence-corrected chi connectivity index (χ4v) is 4.88. The third kappa shape index (κ3) is 3.83. The molecule has 2 aromatic carbocycles. The van der Waals surface area contributed by atoms with Crippen LogP contribution in [0.25, 0.3) is 33.2 Å². The summed E-state index contributed by atoms with van der Waals surface area (Å²) in [6.07, 6.45) is 2.44. The zero-order chi connectivity index (χ0) is 24.6. The summed E-state index contributed by atoms with van der Waals surface area (Å²) >= 11 is 1.58. The number of benzene rings is 2. The van der Waals surface area contributed by atoms with Crippen molar-refractivity contribution in [3.05, 3.63) is 92.7 Å². The highest BCUT2D eigenvalue weighted by Crippen LogP contribution is 2.25. The van der Waals surface area contributed by atoms with Crippen LogP contribution in [0.15, 0.2) is 75.9 Å². The first kappa shape index (κ1) is 22.1. The van der Waals surface area contributed by atoms with Gasteiger partial charge in [-0.2, -0.15) is 9.78 Å². The maximum Gasteiger partial charge on any atom is 0.265 e. The van der Waals surface area contributed by atoms with Gasteiger partial charge in [-0.1, -0.05) is 30.3 Å². The van der Waals surface area contributed by atoms with Crippen molar-refractivity contribution in [1.29, 1.82) is 0 Å². The molecule has 4 heterocycles. The van der Waals surface area contributed by atoms with Crippen molar-refractivity contribution in [1.82, 2.24) is 24.2 Å². The minimum Gasteiger partial charge on any atom is -0.497 e. The van der Waals surface area contributed by atoms with E-state index < -0.39 is 0 Å². The molecule has 6 aromatic rings. The van der Waals surface area contributed by atoms with Gasteiger partial charge in [0.1, 0.15) is 22.5 Å². The number of nitrogens with zero attached hydrogens (tertiary/aromatic N) is 6. The van der Waals surface area contributed by atoms with Gasteiger partial charge in [-0.05, 0) is 54.6 Å².